The number of amides is 2. The molecule has 4 unspecified atom stereocenters. The maximum absolute atomic E-state index is 15.7. The molecule has 0 spiro atoms. The number of aromatic nitrogens is 3. The third-order valence-electron chi connectivity index (χ3n) is 11.8. The van der Waals surface area contributed by atoms with Crippen molar-refractivity contribution in [2.45, 2.75) is 70.6 Å². The fraction of sp³-hybridized carbons (Fsp3) is 0.455. The van der Waals surface area contributed by atoms with E-state index in [1.54, 1.807) is 56.3 Å². The molecule has 3 aliphatic rings. The number of nitrogen functional groups attached to an aromatic ring is 1. The van der Waals surface area contributed by atoms with Crippen molar-refractivity contribution >= 4 is 65.4 Å². The van der Waals surface area contributed by atoms with E-state index in [0.29, 0.717) is 35.9 Å². The molecular formula is C44H55BF2N13O18P3. The van der Waals surface area contributed by atoms with Crippen LogP contribution in [0.5, 0.6) is 5.75 Å². The van der Waals surface area contributed by atoms with Crippen LogP contribution in [-0.4, -0.2) is 141 Å². The minimum Gasteiger partial charge on any atom is -0.491 e. The second-order valence-corrected chi connectivity index (χ2v) is 22.9. The highest BCUT2D eigenvalue weighted by atomic mass is 31.3. The van der Waals surface area contributed by atoms with Crippen molar-refractivity contribution in [3.8, 4) is 17.6 Å². The van der Waals surface area contributed by atoms with Crippen LogP contribution in [0.15, 0.2) is 69.4 Å². The molecule has 2 aromatic heterocycles. The van der Waals surface area contributed by atoms with Crippen molar-refractivity contribution in [2.75, 3.05) is 65.3 Å². The molecule has 1 saturated heterocycles. The lowest BCUT2D eigenvalue weighted by atomic mass is 9.90. The molecule has 6 rings (SSSR count). The molecule has 0 aliphatic carbocycles. The molecule has 3 aliphatic heterocycles. The number of ketones is 1. The predicted octanol–water partition coefficient (Wildman–Crippen LogP) is 4.63. The summed E-state index contributed by atoms with van der Waals surface area (Å²) >= 11 is 0. The topological polar surface area (TPSA) is 427 Å². The van der Waals surface area contributed by atoms with Gasteiger partial charge in [0.05, 0.1) is 38.0 Å². The second kappa shape index (κ2) is 28.2. The molecule has 0 bridgehead atoms. The van der Waals surface area contributed by atoms with Gasteiger partial charge in [-0.15, -0.1) is 0 Å². The fourth-order valence-electron chi connectivity index (χ4n) is 8.35. The second-order valence-electron chi connectivity index (χ2n) is 17.8. The highest BCUT2D eigenvalue weighted by Crippen LogP contribution is 2.66. The number of phosphoric ester groups is 1. The number of carbonyl (C=O) groups excluding carboxylic acids is 3. The highest BCUT2D eigenvalue weighted by Gasteiger charge is 2.52. The molecule has 1 fully saturated rings. The smallest absolute Gasteiger partial charge is 0.491 e. The molecule has 3 aromatic rings. The molecule has 7 N–H and O–H groups in total. The van der Waals surface area contributed by atoms with Gasteiger partial charge in [-0.1, -0.05) is 28.1 Å². The molecule has 0 saturated carbocycles. The van der Waals surface area contributed by atoms with E-state index in [1.165, 1.54) is 6.07 Å². The number of nitrogens with zero attached hydrogens (tertiary/aromatic N) is 10. The van der Waals surface area contributed by atoms with Crippen molar-refractivity contribution < 1.29 is 92.7 Å². The number of carbonyl (C=O) groups is 3. The minimum absolute atomic E-state index is 0.00662. The van der Waals surface area contributed by atoms with Gasteiger partial charge in [0.1, 0.15) is 55.3 Å². The Morgan fingerprint density at radius 2 is 1.85 bits per heavy atom. The number of azide groups is 2. The van der Waals surface area contributed by atoms with Crippen LogP contribution in [0.3, 0.4) is 0 Å². The van der Waals surface area contributed by atoms with Gasteiger partial charge in [-0.3, -0.25) is 28.0 Å². The molecule has 0 radical (unpaired) electrons. The van der Waals surface area contributed by atoms with Crippen LogP contribution in [0.25, 0.3) is 27.0 Å². The number of aryl methyl sites for hydroxylation is 2. The average molecular weight is 1200 g/mol. The van der Waals surface area contributed by atoms with Gasteiger partial charge in [-0.25, -0.2) is 18.2 Å². The lowest BCUT2D eigenvalue weighted by Crippen LogP contribution is -2.50. The Morgan fingerprint density at radius 1 is 1.07 bits per heavy atom. The number of anilines is 1. The lowest BCUT2D eigenvalue weighted by Gasteiger charge is -2.30. The number of nitrogens with two attached hydrogens (primary N) is 1. The molecular weight excluding hydrogens is 1140 g/mol. The lowest BCUT2D eigenvalue weighted by molar-refractivity contribution is -0.362. The quantitative estimate of drug-likeness (QED) is 0.0101. The Kier molecular flexibility index (Phi) is 22.1. The molecule has 31 nitrogen and oxygen atoms in total. The van der Waals surface area contributed by atoms with Gasteiger partial charge < -0.3 is 72.3 Å². The van der Waals surface area contributed by atoms with Gasteiger partial charge in [0.25, 0.3) is 5.91 Å². The first-order chi connectivity index (χ1) is 38.3. The summed E-state index contributed by atoms with van der Waals surface area (Å²) in [5, 5.41) is 12.0. The molecule has 37 heteroatoms. The molecule has 1 aromatic carbocycles. The Hall–Kier alpha value is -6.87. The van der Waals surface area contributed by atoms with E-state index in [-0.39, 0.29) is 87.1 Å². The van der Waals surface area contributed by atoms with Crippen LogP contribution in [0.2, 0.25) is 0 Å². The first-order valence-electron chi connectivity index (χ1n) is 24.3. The Morgan fingerprint density at radius 3 is 2.59 bits per heavy atom. The number of Topliss-reactive ketones (excluding diaryl/α,β-unsaturated/α-hetero) is 1. The number of nitrogens with one attached hydrogen (secondary N) is 2. The predicted molar refractivity (Wildman–Crippen MR) is 281 cm³/mol. The largest absolute Gasteiger partial charge is 0.737 e. The zero-order valence-electron chi connectivity index (χ0n) is 43.4. The van der Waals surface area contributed by atoms with Crippen molar-refractivity contribution in [3.63, 3.8) is 0 Å². The van der Waals surface area contributed by atoms with Crippen LogP contribution in [0, 0.1) is 25.7 Å². The highest BCUT2D eigenvalue weighted by molar-refractivity contribution is 7.68. The van der Waals surface area contributed by atoms with Gasteiger partial charge in [-0.2, -0.15) is 9.29 Å². The summed E-state index contributed by atoms with van der Waals surface area (Å²) in [5.41, 5.74) is 25.4. The summed E-state index contributed by atoms with van der Waals surface area (Å²) in [7, 11) is -15.7. The molecule has 436 valence electrons. The van der Waals surface area contributed by atoms with E-state index < -0.39 is 92.3 Å². The van der Waals surface area contributed by atoms with Crippen LogP contribution in [-0.2, 0) is 55.4 Å². The number of rotatable bonds is 30. The number of ether oxygens (including phenoxy) is 5. The monoisotopic (exact) mass is 1200 g/mol. The normalized spacial score (nSPS) is 19.4. The van der Waals surface area contributed by atoms with Gasteiger partial charge >= 0.3 is 35.9 Å². The summed E-state index contributed by atoms with van der Waals surface area (Å²) in [6.07, 6.45) is 1.75. The maximum atomic E-state index is 15.7. The standard InChI is InChI=1S/C44H55BF2N13O18P3/c1-28-19-29(2)59-36(28)21-33-12-11-32(60(33)45(59,46)47)13-14-34(61)9-6-16-52-43(63)30-7-4-10-35(20-30)73-26-40(55-57-50)72-18-17-71-25-39(62)51-15-5-8-31-23-58(44(64)54-42(31)48)41-22-37(74-27-53-56-49)38(76-41)24-75-80(67,68)78-81(69,70)77-79(3,65)66/h4,7,10-12,19-21,23,37-38,40-41H,6,9,13-18,22,24-27H2,1-3H3,(H,51,62)(H,52,63)(H,65,66)(H,67,68)(H,69,70)(H2,48,54,64)/t37-,38-,40?,41-/m1/s1. The van der Waals surface area contributed by atoms with E-state index in [0.717, 1.165) is 25.3 Å². The summed E-state index contributed by atoms with van der Waals surface area (Å²) in [4.78, 5) is 88.8. The Labute approximate surface area is 459 Å². The van der Waals surface area contributed by atoms with Gasteiger partial charge in [0.2, 0.25) is 5.91 Å². The van der Waals surface area contributed by atoms with Crippen LogP contribution in [0.4, 0.5) is 14.4 Å². The van der Waals surface area contributed by atoms with E-state index in [1.807, 2.05) is 0 Å². The van der Waals surface area contributed by atoms with E-state index in [9.17, 15) is 47.6 Å². The summed E-state index contributed by atoms with van der Waals surface area (Å²) in [5.74, 6) is 4.05. The Balaban J connectivity index is 0.882. The number of fused-ring (bicyclic) bond motifs is 2. The maximum Gasteiger partial charge on any atom is 0.737 e. The van der Waals surface area contributed by atoms with Crippen molar-refractivity contribution in [1.82, 2.24) is 24.7 Å². The molecule has 5 heterocycles. The van der Waals surface area contributed by atoms with Crippen LogP contribution in [0.1, 0.15) is 71.2 Å². The molecule has 7 atom stereocenters. The van der Waals surface area contributed by atoms with Crippen molar-refractivity contribution in [2.24, 2.45) is 10.2 Å². The number of halogens is 2. The van der Waals surface area contributed by atoms with Gasteiger partial charge in [0, 0.05) is 84.4 Å². The van der Waals surface area contributed by atoms with Crippen molar-refractivity contribution in [3.05, 3.63) is 114 Å². The average Bonchev–Trinajstić information content (AvgIpc) is 2.95. The third kappa shape index (κ3) is 18.3. The minimum atomic E-state index is -5.60. The van der Waals surface area contributed by atoms with E-state index in [4.69, 9.17) is 45.0 Å². The first-order valence-corrected chi connectivity index (χ1v) is 29.3. The Bertz CT molecular complexity index is 3350. The number of hydrogen-bond donors (Lipinski definition) is 6. The SMILES string of the molecule is Cc1cc(C)n2c1C=C1C=CC(CCC(=O)CCCNC(=O)c3cccc(OCC(N=[N+]=[N-])OCCOCC(=O)NCC#Cc4cn([C@H]5C[C@@H](OCN=[N+]=[N-])[C@@H](COP(=O)(O)OP(=O)(O)OP(C)(=O)O)O5)c(=O)nc4N)c3)=[N+]1[B-]2(F)F. The molecule has 2 amide bonds. The van der Waals surface area contributed by atoms with Gasteiger partial charge in [0.15, 0.2) is 11.9 Å². The van der Waals surface area contributed by atoms with E-state index in [2.05, 4.69) is 56.1 Å². The summed E-state index contributed by atoms with van der Waals surface area (Å²) in [6, 6.07) is 7.85. The number of phosphoric acid groups is 2. The molecule has 81 heavy (non-hydrogen) atoms. The first kappa shape index (κ1) is 63.3. The zero-order valence-corrected chi connectivity index (χ0v) is 46.1. The van der Waals surface area contributed by atoms with Crippen LogP contribution < -0.4 is 26.8 Å². The summed E-state index contributed by atoms with van der Waals surface area (Å²) < 4.78 is 111. The van der Waals surface area contributed by atoms with Crippen molar-refractivity contribution in [1.29, 1.82) is 0 Å². The fourth-order valence-corrected chi connectivity index (χ4v) is 11.8. The third-order valence-corrected chi connectivity index (χ3v) is 15.9. The number of benzene rings is 1. The number of allylic oxidation sites excluding steroid dienone is 2. The number of hydrogen-bond acceptors (Lipinski definition) is 19. The van der Waals surface area contributed by atoms with Gasteiger partial charge in [-0.05, 0) is 66.9 Å². The van der Waals surface area contributed by atoms with E-state index >= 15 is 8.63 Å². The zero-order chi connectivity index (χ0) is 59.1. The van der Waals surface area contributed by atoms with Crippen LogP contribution >= 0.6 is 23.2 Å². The summed E-state index contributed by atoms with van der Waals surface area (Å²) in [6.45, 7) is -2.71.